The van der Waals surface area contributed by atoms with Gasteiger partial charge in [0.1, 0.15) is 11.3 Å². The molecule has 1 fully saturated rings. The standard InChI is InChI=1S/C13H15FN2S2/c14-10-5-3-6-11-12(10)15-13(17)16(11)8-9-4-1-2-7-18-9/h3,5-6,9H,1-2,4,7-8H2,(H,15,17). The molecule has 0 aliphatic carbocycles. The van der Waals surface area contributed by atoms with Crippen molar-refractivity contribution in [1.82, 2.24) is 9.55 Å². The molecule has 0 radical (unpaired) electrons. The third-order valence-corrected chi connectivity index (χ3v) is 5.12. The molecule has 1 N–H and O–H groups in total. The average molecular weight is 282 g/mol. The third-order valence-electron chi connectivity index (χ3n) is 3.42. The minimum atomic E-state index is -0.228. The predicted octanol–water partition coefficient (Wildman–Crippen LogP) is 4.12. The van der Waals surface area contributed by atoms with Gasteiger partial charge in [-0.1, -0.05) is 12.5 Å². The van der Waals surface area contributed by atoms with Crippen molar-refractivity contribution in [2.24, 2.45) is 0 Å². The van der Waals surface area contributed by atoms with E-state index in [0.29, 0.717) is 15.5 Å². The van der Waals surface area contributed by atoms with Crippen LogP contribution in [0.3, 0.4) is 0 Å². The van der Waals surface area contributed by atoms with Gasteiger partial charge in [0.2, 0.25) is 0 Å². The van der Waals surface area contributed by atoms with Gasteiger partial charge in [0.05, 0.1) is 5.52 Å². The quantitative estimate of drug-likeness (QED) is 0.836. The lowest BCUT2D eigenvalue weighted by Crippen LogP contribution is -2.17. The average Bonchev–Trinajstić information content (AvgIpc) is 2.70. The molecule has 18 heavy (non-hydrogen) atoms. The van der Waals surface area contributed by atoms with Crippen LogP contribution in [0.2, 0.25) is 0 Å². The van der Waals surface area contributed by atoms with E-state index in [1.54, 1.807) is 6.07 Å². The molecule has 1 saturated heterocycles. The fourth-order valence-electron chi connectivity index (χ4n) is 2.48. The lowest BCUT2D eigenvalue weighted by Gasteiger charge is -2.21. The molecule has 2 aromatic rings. The van der Waals surface area contributed by atoms with Gasteiger partial charge in [-0.05, 0) is 42.9 Å². The van der Waals surface area contributed by atoms with Gasteiger partial charge >= 0.3 is 0 Å². The first-order chi connectivity index (χ1) is 8.75. The summed E-state index contributed by atoms with van der Waals surface area (Å²) >= 11 is 7.32. The van der Waals surface area contributed by atoms with Crippen molar-refractivity contribution in [2.45, 2.75) is 31.1 Å². The zero-order valence-electron chi connectivity index (χ0n) is 9.99. The molecule has 96 valence electrons. The molecular weight excluding hydrogens is 267 g/mol. The van der Waals surface area contributed by atoms with E-state index in [0.717, 1.165) is 12.1 Å². The van der Waals surface area contributed by atoms with Crippen LogP contribution in [0.5, 0.6) is 0 Å². The van der Waals surface area contributed by atoms with Crippen molar-refractivity contribution in [3.05, 3.63) is 28.8 Å². The number of H-pyrrole nitrogens is 1. The zero-order chi connectivity index (χ0) is 12.5. The van der Waals surface area contributed by atoms with E-state index in [-0.39, 0.29) is 5.82 Å². The van der Waals surface area contributed by atoms with Crippen molar-refractivity contribution in [3.8, 4) is 0 Å². The fourth-order valence-corrected chi connectivity index (χ4v) is 4.05. The zero-order valence-corrected chi connectivity index (χ0v) is 11.6. The summed E-state index contributed by atoms with van der Waals surface area (Å²) in [7, 11) is 0. The highest BCUT2D eigenvalue weighted by molar-refractivity contribution is 7.99. The second-order valence-electron chi connectivity index (χ2n) is 4.66. The lowest BCUT2D eigenvalue weighted by molar-refractivity contribution is 0.588. The van der Waals surface area contributed by atoms with E-state index in [4.69, 9.17) is 12.2 Å². The summed E-state index contributed by atoms with van der Waals surface area (Å²) in [6.07, 6.45) is 3.84. The van der Waals surface area contributed by atoms with E-state index in [1.165, 1.54) is 31.1 Å². The predicted molar refractivity (Wildman–Crippen MR) is 77.2 cm³/mol. The fraction of sp³-hybridized carbons (Fsp3) is 0.462. The third kappa shape index (κ3) is 2.21. The molecule has 5 heteroatoms. The molecule has 1 aliphatic heterocycles. The topological polar surface area (TPSA) is 20.7 Å². The number of aromatic nitrogens is 2. The smallest absolute Gasteiger partial charge is 0.178 e. The Balaban J connectivity index is 1.98. The summed E-state index contributed by atoms with van der Waals surface area (Å²) < 4.78 is 16.3. The Morgan fingerprint density at radius 1 is 1.44 bits per heavy atom. The SMILES string of the molecule is Fc1cccc2c1[nH]c(=S)n2CC1CCCCS1. The highest BCUT2D eigenvalue weighted by atomic mass is 32.2. The van der Waals surface area contributed by atoms with Crippen molar-refractivity contribution in [1.29, 1.82) is 0 Å². The summed E-state index contributed by atoms with van der Waals surface area (Å²) in [6.45, 7) is 0.882. The van der Waals surface area contributed by atoms with Gasteiger partial charge in [-0.25, -0.2) is 4.39 Å². The molecule has 1 aliphatic rings. The number of thioether (sulfide) groups is 1. The Hall–Kier alpha value is -0.810. The number of halogens is 1. The normalized spacial score (nSPS) is 20.4. The molecule has 0 saturated carbocycles. The van der Waals surface area contributed by atoms with Crippen LogP contribution < -0.4 is 0 Å². The van der Waals surface area contributed by atoms with Crippen LogP contribution in [-0.2, 0) is 6.54 Å². The number of imidazole rings is 1. The van der Waals surface area contributed by atoms with Crippen molar-refractivity contribution in [3.63, 3.8) is 0 Å². The molecule has 0 bridgehead atoms. The highest BCUT2D eigenvalue weighted by Gasteiger charge is 2.17. The summed E-state index contributed by atoms with van der Waals surface area (Å²) in [5.74, 6) is 1.00. The number of nitrogens with one attached hydrogen (secondary N) is 1. The maximum absolute atomic E-state index is 13.7. The van der Waals surface area contributed by atoms with E-state index in [1.807, 2.05) is 22.4 Å². The Kier molecular flexibility index (Phi) is 3.43. The Labute approximate surface area is 115 Å². The Morgan fingerprint density at radius 2 is 2.33 bits per heavy atom. The number of hydrogen-bond acceptors (Lipinski definition) is 2. The maximum atomic E-state index is 13.7. The number of para-hydroxylation sites is 1. The second-order valence-corrected chi connectivity index (χ2v) is 6.46. The summed E-state index contributed by atoms with van der Waals surface area (Å²) in [5, 5.41) is 0.604. The van der Waals surface area contributed by atoms with Crippen molar-refractivity contribution < 1.29 is 4.39 Å². The molecule has 0 spiro atoms. The summed E-state index contributed by atoms with van der Waals surface area (Å²) in [4.78, 5) is 2.98. The van der Waals surface area contributed by atoms with Crippen LogP contribution in [0.15, 0.2) is 18.2 Å². The summed E-state index contributed by atoms with van der Waals surface area (Å²) in [6, 6.07) is 5.14. The van der Waals surface area contributed by atoms with Gasteiger partial charge in [-0.2, -0.15) is 11.8 Å². The van der Waals surface area contributed by atoms with Crippen molar-refractivity contribution >= 4 is 35.0 Å². The monoisotopic (exact) mass is 282 g/mol. The van der Waals surface area contributed by atoms with Crippen LogP contribution in [0.1, 0.15) is 19.3 Å². The summed E-state index contributed by atoms with van der Waals surface area (Å²) in [5.41, 5.74) is 1.41. The molecule has 1 atom stereocenters. The van der Waals surface area contributed by atoms with Crippen molar-refractivity contribution in [2.75, 3.05) is 5.75 Å². The van der Waals surface area contributed by atoms with Gasteiger partial charge in [0.15, 0.2) is 4.77 Å². The first kappa shape index (κ1) is 12.2. The van der Waals surface area contributed by atoms with Gasteiger partial charge in [0, 0.05) is 11.8 Å². The number of fused-ring (bicyclic) bond motifs is 1. The van der Waals surface area contributed by atoms with Gasteiger partial charge in [-0.3, -0.25) is 0 Å². The number of aromatic amines is 1. The van der Waals surface area contributed by atoms with Crippen LogP contribution in [0.25, 0.3) is 11.0 Å². The van der Waals surface area contributed by atoms with Crippen LogP contribution in [0, 0.1) is 10.6 Å². The number of nitrogens with zero attached hydrogens (tertiary/aromatic N) is 1. The first-order valence-corrected chi connectivity index (χ1v) is 7.70. The number of benzene rings is 1. The van der Waals surface area contributed by atoms with Crippen LogP contribution in [-0.4, -0.2) is 20.6 Å². The Bertz CT molecular complexity index is 611. The minimum absolute atomic E-state index is 0.228. The highest BCUT2D eigenvalue weighted by Crippen LogP contribution is 2.28. The van der Waals surface area contributed by atoms with Crippen LogP contribution >= 0.6 is 24.0 Å². The molecule has 0 amide bonds. The van der Waals surface area contributed by atoms with E-state index >= 15 is 0 Å². The maximum Gasteiger partial charge on any atom is 0.178 e. The molecule has 3 rings (SSSR count). The minimum Gasteiger partial charge on any atom is -0.328 e. The van der Waals surface area contributed by atoms with Gasteiger partial charge in [-0.15, -0.1) is 0 Å². The molecule has 1 aromatic carbocycles. The number of rotatable bonds is 2. The largest absolute Gasteiger partial charge is 0.328 e. The molecular formula is C13H15FN2S2. The Morgan fingerprint density at radius 3 is 3.11 bits per heavy atom. The second kappa shape index (κ2) is 5.05. The van der Waals surface area contributed by atoms with E-state index < -0.39 is 0 Å². The molecule has 1 unspecified atom stereocenters. The lowest BCUT2D eigenvalue weighted by atomic mass is 10.2. The molecule has 2 heterocycles. The molecule has 2 nitrogen and oxygen atoms in total. The molecule has 1 aromatic heterocycles. The van der Waals surface area contributed by atoms with E-state index in [9.17, 15) is 4.39 Å². The van der Waals surface area contributed by atoms with Gasteiger partial charge in [0.25, 0.3) is 0 Å². The first-order valence-electron chi connectivity index (χ1n) is 6.24. The van der Waals surface area contributed by atoms with Gasteiger partial charge < -0.3 is 9.55 Å². The van der Waals surface area contributed by atoms with E-state index in [2.05, 4.69) is 4.98 Å². The number of hydrogen-bond donors (Lipinski definition) is 1. The van der Waals surface area contributed by atoms with Crippen LogP contribution in [0.4, 0.5) is 4.39 Å².